The van der Waals surface area contributed by atoms with E-state index in [9.17, 15) is 9.59 Å². The van der Waals surface area contributed by atoms with Crippen molar-refractivity contribution < 1.29 is 14.3 Å². The van der Waals surface area contributed by atoms with Crippen LogP contribution in [-0.2, 0) is 9.53 Å². The molecule has 0 aromatic carbocycles. The van der Waals surface area contributed by atoms with Gasteiger partial charge in [0.25, 0.3) is 5.91 Å². The number of amides is 2. The standard InChI is InChI=1S/C21H27N3O3/c1-16-5-4-10-22-18(16)20(26)23-11-8-21(9-12-23)15-24(13-14-27-21)19(25)17-6-2-3-7-17/h2-5,10,17H,6-9,11-15H2,1H3. The van der Waals surface area contributed by atoms with E-state index in [1.54, 1.807) is 6.20 Å². The van der Waals surface area contributed by atoms with Crippen LogP contribution in [-0.4, -0.2) is 65.0 Å². The Morgan fingerprint density at radius 1 is 1.15 bits per heavy atom. The van der Waals surface area contributed by atoms with Crippen molar-refractivity contribution in [3.63, 3.8) is 0 Å². The maximum absolute atomic E-state index is 12.8. The highest BCUT2D eigenvalue weighted by atomic mass is 16.5. The Morgan fingerprint density at radius 2 is 1.89 bits per heavy atom. The van der Waals surface area contributed by atoms with Crippen molar-refractivity contribution in [3.8, 4) is 0 Å². The molecule has 0 N–H and O–H groups in total. The first-order chi connectivity index (χ1) is 13.1. The third-order valence-corrected chi connectivity index (χ3v) is 6.09. The first-order valence-electron chi connectivity index (χ1n) is 9.87. The third-order valence-electron chi connectivity index (χ3n) is 6.09. The molecule has 1 spiro atoms. The first kappa shape index (κ1) is 18.2. The Kier molecular flexibility index (Phi) is 5.00. The van der Waals surface area contributed by atoms with Gasteiger partial charge in [-0.1, -0.05) is 18.2 Å². The maximum atomic E-state index is 12.8. The number of ether oxygens (including phenoxy) is 1. The predicted octanol–water partition coefficient (Wildman–Crippen LogP) is 2.19. The van der Waals surface area contributed by atoms with Crippen molar-refractivity contribution in [2.75, 3.05) is 32.8 Å². The summed E-state index contributed by atoms with van der Waals surface area (Å²) in [5, 5.41) is 0. The average Bonchev–Trinajstić information content (AvgIpc) is 3.23. The minimum atomic E-state index is -0.310. The lowest BCUT2D eigenvalue weighted by Crippen LogP contribution is -2.59. The van der Waals surface area contributed by atoms with E-state index in [4.69, 9.17) is 4.74 Å². The molecule has 2 amide bonds. The van der Waals surface area contributed by atoms with Crippen molar-refractivity contribution in [1.82, 2.24) is 14.8 Å². The number of morpholine rings is 1. The summed E-state index contributed by atoms with van der Waals surface area (Å²) in [6.45, 7) is 5.10. The Balaban J connectivity index is 1.38. The minimum absolute atomic E-state index is 0.0104. The fraction of sp³-hybridized carbons (Fsp3) is 0.571. The molecular formula is C21H27N3O3. The van der Waals surface area contributed by atoms with Gasteiger partial charge in [-0.25, -0.2) is 0 Å². The van der Waals surface area contributed by atoms with Gasteiger partial charge >= 0.3 is 0 Å². The predicted molar refractivity (Wildman–Crippen MR) is 101 cm³/mol. The molecule has 0 saturated carbocycles. The largest absolute Gasteiger partial charge is 0.371 e. The van der Waals surface area contributed by atoms with E-state index in [1.165, 1.54) is 0 Å². The third kappa shape index (κ3) is 3.63. The van der Waals surface area contributed by atoms with Crippen LogP contribution in [0.3, 0.4) is 0 Å². The summed E-state index contributed by atoms with van der Waals surface area (Å²) in [4.78, 5) is 33.7. The van der Waals surface area contributed by atoms with Crippen molar-refractivity contribution in [2.45, 2.75) is 38.2 Å². The van der Waals surface area contributed by atoms with Gasteiger partial charge in [0.1, 0.15) is 5.69 Å². The smallest absolute Gasteiger partial charge is 0.272 e. The summed E-state index contributed by atoms with van der Waals surface area (Å²) in [6, 6.07) is 3.76. The van der Waals surface area contributed by atoms with Gasteiger partial charge in [-0.2, -0.15) is 0 Å². The highest BCUT2D eigenvalue weighted by Gasteiger charge is 2.43. The molecule has 144 valence electrons. The van der Waals surface area contributed by atoms with Crippen LogP contribution < -0.4 is 0 Å². The molecule has 2 saturated heterocycles. The van der Waals surface area contributed by atoms with Gasteiger partial charge in [0.2, 0.25) is 5.91 Å². The van der Waals surface area contributed by atoms with Crippen LogP contribution in [0.4, 0.5) is 0 Å². The minimum Gasteiger partial charge on any atom is -0.371 e. The van der Waals surface area contributed by atoms with Gasteiger partial charge in [0.05, 0.1) is 12.2 Å². The second kappa shape index (κ2) is 7.43. The van der Waals surface area contributed by atoms with Gasteiger partial charge in [0, 0.05) is 38.3 Å². The van der Waals surface area contributed by atoms with Crippen LogP contribution in [0.1, 0.15) is 41.7 Å². The maximum Gasteiger partial charge on any atom is 0.272 e. The first-order valence-corrected chi connectivity index (χ1v) is 9.87. The zero-order valence-electron chi connectivity index (χ0n) is 15.9. The Hall–Kier alpha value is -2.21. The van der Waals surface area contributed by atoms with E-state index in [1.807, 2.05) is 28.9 Å². The zero-order chi connectivity index (χ0) is 18.9. The Labute approximate surface area is 160 Å². The van der Waals surface area contributed by atoms with Crippen molar-refractivity contribution in [2.24, 2.45) is 5.92 Å². The Bertz CT molecular complexity index is 745. The quantitative estimate of drug-likeness (QED) is 0.750. The number of hydrogen-bond acceptors (Lipinski definition) is 4. The normalized spacial score (nSPS) is 22.4. The second-order valence-electron chi connectivity index (χ2n) is 7.89. The summed E-state index contributed by atoms with van der Waals surface area (Å²) in [5.74, 6) is 0.350. The van der Waals surface area contributed by atoms with E-state index >= 15 is 0 Å². The molecule has 1 aromatic heterocycles. The molecular weight excluding hydrogens is 342 g/mol. The van der Waals surface area contributed by atoms with Crippen molar-refractivity contribution in [3.05, 3.63) is 41.7 Å². The van der Waals surface area contributed by atoms with Crippen LogP contribution in [0.25, 0.3) is 0 Å². The molecule has 1 aromatic rings. The number of aryl methyl sites for hydroxylation is 1. The molecule has 6 nitrogen and oxygen atoms in total. The van der Waals surface area contributed by atoms with Gasteiger partial charge in [-0.15, -0.1) is 0 Å². The number of likely N-dealkylation sites (tertiary alicyclic amines) is 1. The number of rotatable bonds is 2. The summed E-state index contributed by atoms with van der Waals surface area (Å²) < 4.78 is 6.14. The monoisotopic (exact) mass is 369 g/mol. The molecule has 0 unspecified atom stereocenters. The highest BCUT2D eigenvalue weighted by molar-refractivity contribution is 5.93. The van der Waals surface area contributed by atoms with Crippen LogP contribution >= 0.6 is 0 Å². The fourth-order valence-corrected chi connectivity index (χ4v) is 4.39. The molecule has 0 bridgehead atoms. The van der Waals surface area contributed by atoms with E-state index in [2.05, 4.69) is 17.1 Å². The van der Waals surface area contributed by atoms with Crippen LogP contribution in [0, 0.1) is 12.8 Å². The Morgan fingerprint density at radius 3 is 2.59 bits per heavy atom. The fourth-order valence-electron chi connectivity index (χ4n) is 4.39. The number of carbonyl (C=O) groups is 2. The van der Waals surface area contributed by atoms with Crippen molar-refractivity contribution >= 4 is 11.8 Å². The second-order valence-corrected chi connectivity index (χ2v) is 7.89. The van der Waals surface area contributed by atoms with E-state index < -0.39 is 0 Å². The van der Waals surface area contributed by atoms with Crippen LogP contribution in [0.15, 0.2) is 30.5 Å². The molecule has 3 heterocycles. The SMILES string of the molecule is Cc1cccnc1C(=O)N1CCC2(CC1)CN(C(=O)C1CC=CC1)CCO2. The number of nitrogens with zero attached hydrogens (tertiary/aromatic N) is 3. The van der Waals surface area contributed by atoms with Gasteiger partial charge in [-0.05, 0) is 44.2 Å². The number of allylic oxidation sites excluding steroid dienone is 2. The van der Waals surface area contributed by atoms with Crippen LogP contribution in [0.2, 0.25) is 0 Å². The average molecular weight is 369 g/mol. The zero-order valence-corrected chi connectivity index (χ0v) is 15.9. The van der Waals surface area contributed by atoms with Gasteiger partial charge in [0.15, 0.2) is 0 Å². The number of piperidine rings is 1. The lowest BCUT2D eigenvalue weighted by molar-refractivity contribution is -0.161. The van der Waals surface area contributed by atoms with E-state index in [-0.39, 0.29) is 23.3 Å². The van der Waals surface area contributed by atoms with E-state index in [0.29, 0.717) is 38.5 Å². The molecule has 6 heteroatoms. The summed E-state index contributed by atoms with van der Waals surface area (Å²) in [5.41, 5.74) is 1.12. The van der Waals surface area contributed by atoms with Gasteiger partial charge in [-0.3, -0.25) is 14.6 Å². The number of carbonyl (C=O) groups excluding carboxylic acids is 2. The van der Waals surface area contributed by atoms with Gasteiger partial charge < -0.3 is 14.5 Å². The summed E-state index contributed by atoms with van der Waals surface area (Å²) in [7, 11) is 0. The molecule has 1 aliphatic carbocycles. The lowest BCUT2D eigenvalue weighted by Gasteiger charge is -2.47. The molecule has 4 rings (SSSR count). The van der Waals surface area contributed by atoms with E-state index in [0.717, 1.165) is 31.2 Å². The van der Waals surface area contributed by atoms with Crippen LogP contribution in [0.5, 0.6) is 0 Å². The topological polar surface area (TPSA) is 62.7 Å². The molecule has 27 heavy (non-hydrogen) atoms. The molecule has 3 aliphatic rings. The number of aromatic nitrogens is 1. The van der Waals surface area contributed by atoms with Crippen molar-refractivity contribution in [1.29, 1.82) is 0 Å². The molecule has 0 radical (unpaired) electrons. The molecule has 2 aliphatic heterocycles. The lowest BCUT2D eigenvalue weighted by atomic mass is 9.88. The number of hydrogen-bond donors (Lipinski definition) is 0. The number of pyridine rings is 1. The molecule has 0 atom stereocenters. The highest BCUT2D eigenvalue weighted by Crippen LogP contribution is 2.32. The summed E-state index contributed by atoms with van der Waals surface area (Å²) >= 11 is 0. The summed E-state index contributed by atoms with van der Waals surface area (Å²) in [6.07, 6.45) is 9.10. The molecule has 2 fully saturated rings.